The summed E-state index contributed by atoms with van der Waals surface area (Å²) in [5.41, 5.74) is 7.25. The van der Waals surface area contributed by atoms with Crippen LogP contribution >= 0.6 is 0 Å². The van der Waals surface area contributed by atoms with Crippen molar-refractivity contribution >= 4 is 5.69 Å². The third-order valence-corrected chi connectivity index (χ3v) is 2.53. The Balaban J connectivity index is 2.31. The molecule has 96 valence electrons. The molecule has 1 aromatic heterocycles. The molecule has 7 nitrogen and oxygen atoms in total. The van der Waals surface area contributed by atoms with Crippen LogP contribution in [0.1, 0.15) is 0 Å². The van der Waals surface area contributed by atoms with Gasteiger partial charge in [-0.2, -0.15) is 0 Å². The maximum Gasteiger partial charge on any atom is 0.182 e. The lowest BCUT2D eigenvalue weighted by molar-refractivity contribution is 0.183. The normalized spacial score (nSPS) is 10.6. The second-order valence-electron chi connectivity index (χ2n) is 3.68. The maximum atomic E-state index is 5.86. The lowest BCUT2D eigenvalue weighted by Gasteiger charge is -2.07. The zero-order valence-electron chi connectivity index (χ0n) is 10.3. The number of nitrogen functional groups attached to an aromatic ring is 1. The molecule has 1 heterocycles. The lowest BCUT2D eigenvalue weighted by Crippen LogP contribution is -2.08. The summed E-state index contributed by atoms with van der Waals surface area (Å²) in [6, 6.07) is 5.44. The molecule has 0 amide bonds. The Morgan fingerprint density at radius 3 is 2.83 bits per heavy atom. The summed E-state index contributed by atoms with van der Waals surface area (Å²) in [6.45, 7) is 1.13. The van der Waals surface area contributed by atoms with Crippen molar-refractivity contribution in [1.82, 2.24) is 20.2 Å². The third-order valence-electron chi connectivity index (χ3n) is 2.53. The van der Waals surface area contributed by atoms with Gasteiger partial charge >= 0.3 is 0 Å². The average Bonchev–Trinajstić information content (AvgIpc) is 2.84. The van der Waals surface area contributed by atoms with Crippen LogP contribution in [-0.4, -0.2) is 41.0 Å². The molecule has 0 bridgehead atoms. The second kappa shape index (κ2) is 5.46. The van der Waals surface area contributed by atoms with Gasteiger partial charge in [0.05, 0.1) is 25.9 Å². The SMILES string of the molecule is COCCn1nnnc1-c1ccc(OC)c(N)c1. The number of tetrazole rings is 1. The molecule has 0 aliphatic heterocycles. The monoisotopic (exact) mass is 249 g/mol. The molecule has 0 aliphatic carbocycles. The number of benzene rings is 1. The molecule has 1 aromatic carbocycles. The third kappa shape index (κ3) is 2.40. The molecule has 0 aliphatic rings. The lowest BCUT2D eigenvalue weighted by atomic mass is 10.2. The van der Waals surface area contributed by atoms with Crippen LogP contribution < -0.4 is 10.5 Å². The van der Waals surface area contributed by atoms with Crippen LogP contribution in [0.25, 0.3) is 11.4 Å². The molecule has 7 heteroatoms. The quantitative estimate of drug-likeness (QED) is 0.780. The van der Waals surface area contributed by atoms with E-state index in [9.17, 15) is 0 Å². The zero-order chi connectivity index (χ0) is 13.0. The van der Waals surface area contributed by atoms with Gasteiger partial charge in [0.15, 0.2) is 5.82 Å². The standard InChI is InChI=1S/C11H15N5O2/c1-17-6-5-16-11(13-14-15-16)8-3-4-10(18-2)9(12)7-8/h3-4,7H,5-6,12H2,1-2H3. The minimum Gasteiger partial charge on any atom is -0.495 e. The Hall–Kier alpha value is -2.15. The van der Waals surface area contributed by atoms with Crippen LogP contribution in [0.2, 0.25) is 0 Å². The van der Waals surface area contributed by atoms with E-state index in [0.29, 0.717) is 30.4 Å². The van der Waals surface area contributed by atoms with Crippen molar-refractivity contribution < 1.29 is 9.47 Å². The summed E-state index contributed by atoms with van der Waals surface area (Å²) in [5.74, 6) is 1.29. The van der Waals surface area contributed by atoms with E-state index in [1.165, 1.54) is 0 Å². The Kier molecular flexibility index (Phi) is 3.73. The Bertz CT molecular complexity index is 526. The molecular weight excluding hydrogens is 234 g/mol. The first-order valence-corrected chi connectivity index (χ1v) is 5.45. The largest absolute Gasteiger partial charge is 0.495 e. The van der Waals surface area contributed by atoms with Crippen LogP contribution in [0.3, 0.4) is 0 Å². The number of nitrogens with zero attached hydrogens (tertiary/aromatic N) is 4. The molecule has 0 spiro atoms. The van der Waals surface area contributed by atoms with Crippen LogP contribution in [0, 0.1) is 0 Å². The second-order valence-corrected chi connectivity index (χ2v) is 3.68. The van der Waals surface area contributed by atoms with E-state index in [1.807, 2.05) is 6.07 Å². The summed E-state index contributed by atoms with van der Waals surface area (Å²) in [4.78, 5) is 0. The fourth-order valence-corrected chi connectivity index (χ4v) is 1.61. The fraction of sp³-hybridized carbons (Fsp3) is 0.364. The molecule has 0 unspecified atom stereocenters. The summed E-state index contributed by atoms with van der Waals surface area (Å²) in [5, 5.41) is 11.6. The topological polar surface area (TPSA) is 88.1 Å². The summed E-state index contributed by atoms with van der Waals surface area (Å²) < 4.78 is 11.8. The molecule has 0 radical (unpaired) electrons. The number of methoxy groups -OCH3 is 2. The van der Waals surface area contributed by atoms with E-state index < -0.39 is 0 Å². The van der Waals surface area contributed by atoms with Gasteiger partial charge in [0.2, 0.25) is 0 Å². The van der Waals surface area contributed by atoms with Crippen LogP contribution in [0.4, 0.5) is 5.69 Å². The first-order valence-electron chi connectivity index (χ1n) is 5.45. The van der Waals surface area contributed by atoms with Crippen molar-refractivity contribution in [2.24, 2.45) is 0 Å². The number of aromatic nitrogens is 4. The number of nitrogens with two attached hydrogens (primary N) is 1. The minimum absolute atomic E-state index is 0.545. The van der Waals surface area contributed by atoms with Gasteiger partial charge in [-0.3, -0.25) is 0 Å². The molecule has 0 atom stereocenters. The Labute approximate surface area is 104 Å². The molecule has 0 saturated carbocycles. The smallest absolute Gasteiger partial charge is 0.182 e. The number of hydrogen-bond donors (Lipinski definition) is 1. The van der Waals surface area contributed by atoms with Gasteiger partial charge in [-0.1, -0.05) is 0 Å². The first kappa shape index (κ1) is 12.3. The molecule has 2 aromatic rings. The van der Waals surface area contributed by atoms with E-state index in [0.717, 1.165) is 5.56 Å². The van der Waals surface area contributed by atoms with E-state index in [4.69, 9.17) is 15.2 Å². The van der Waals surface area contributed by atoms with E-state index in [1.54, 1.807) is 31.0 Å². The fourth-order valence-electron chi connectivity index (χ4n) is 1.61. The zero-order valence-corrected chi connectivity index (χ0v) is 10.3. The van der Waals surface area contributed by atoms with Crippen molar-refractivity contribution in [3.05, 3.63) is 18.2 Å². The van der Waals surface area contributed by atoms with Crippen molar-refractivity contribution in [3.8, 4) is 17.1 Å². The Morgan fingerprint density at radius 1 is 1.33 bits per heavy atom. The van der Waals surface area contributed by atoms with E-state index >= 15 is 0 Å². The molecular formula is C11H15N5O2. The van der Waals surface area contributed by atoms with Crippen molar-refractivity contribution in [2.45, 2.75) is 6.54 Å². The highest BCUT2D eigenvalue weighted by Gasteiger charge is 2.10. The molecule has 2 N–H and O–H groups in total. The molecule has 0 fully saturated rings. The van der Waals surface area contributed by atoms with Gasteiger partial charge in [0, 0.05) is 12.7 Å². The van der Waals surface area contributed by atoms with Gasteiger partial charge < -0.3 is 15.2 Å². The van der Waals surface area contributed by atoms with Gasteiger partial charge in [0.25, 0.3) is 0 Å². The summed E-state index contributed by atoms with van der Waals surface area (Å²) in [6.07, 6.45) is 0. The van der Waals surface area contributed by atoms with Gasteiger partial charge in [-0.25, -0.2) is 4.68 Å². The average molecular weight is 249 g/mol. The molecule has 0 saturated heterocycles. The van der Waals surface area contributed by atoms with Gasteiger partial charge in [-0.05, 0) is 28.6 Å². The summed E-state index contributed by atoms with van der Waals surface area (Å²) >= 11 is 0. The predicted octanol–water partition coefficient (Wildman–Crippen LogP) is 0.577. The van der Waals surface area contributed by atoms with Crippen molar-refractivity contribution in [1.29, 1.82) is 0 Å². The first-order chi connectivity index (χ1) is 8.76. The predicted molar refractivity (Wildman–Crippen MR) is 66.1 cm³/mol. The number of ether oxygens (including phenoxy) is 2. The van der Waals surface area contributed by atoms with Crippen molar-refractivity contribution in [3.63, 3.8) is 0 Å². The van der Waals surface area contributed by atoms with E-state index in [2.05, 4.69) is 15.5 Å². The van der Waals surface area contributed by atoms with Crippen LogP contribution in [0.15, 0.2) is 18.2 Å². The number of rotatable bonds is 5. The molecule has 2 rings (SSSR count). The number of hydrogen-bond acceptors (Lipinski definition) is 6. The molecule has 18 heavy (non-hydrogen) atoms. The highest BCUT2D eigenvalue weighted by Crippen LogP contribution is 2.26. The highest BCUT2D eigenvalue weighted by atomic mass is 16.5. The summed E-state index contributed by atoms with van der Waals surface area (Å²) in [7, 11) is 3.21. The minimum atomic E-state index is 0.545. The Morgan fingerprint density at radius 2 is 2.17 bits per heavy atom. The van der Waals surface area contributed by atoms with Crippen LogP contribution in [-0.2, 0) is 11.3 Å². The van der Waals surface area contributed by atoms with E-state index in [-0.39, 0.29) is 0 Å². The van der Waals surface area contributed by atoms with Crippen LogP contribution in [0.5, 0.6) is 5.75 Å². The van der Waals surface area contributed by atoms with Gasteiger partial charge in [-0.15, -0.1) is 5.10 Å². The number of anilines is 1. The maximum absolute atomic E-state index is 5.86. The highest BCUT2D eigenvalue weighted by molar-refractivity contribution is 5.66. The van der Waals surface area contributed by atoms with Gasteiger partial charge in [0.1, 0.15) is 5.75 Å². The van der Waals surface area contributed by atoms with Crippen molar-refractivity contribution in [2.75, 3.05) is 26.6 Å².